The Morgan fingerprint density at radius 1 is 0.885 bits per heavy atom. The number of hydrogen-bond acceptors (Lipinski definition) is 6. The number of amidine groups is 1. The molecule has 0 fully saturated rings. The minimum atomic E-state index is 0. The largest absolute Gasteiger partial charge is 0.256 e. The van der Waals surface area contributed by atoms with Crippen LogP contribution in [0.3, 0.4) is 0 Å². The average molecular weight is 497 g/mol. The molecule has 1 aliphatic heterocycles. The van der Waals surface area contributed by atoms with Gasteiger partial charge in [0.2, 0.25) is 5.13 Å². The van der Waals surface area contributed by atoms with Gasteiger partial charge >= 0.3 is 0 Å². The van der Waals surface area contributed by atoms with Crippen LogP contribution in [-0.4, -0.2) is 10.8 Å². The molecule has 3 aromatic rings. The van der Waals surface area contributed by atoms with Crippen molar-refractivity contribution in [3.63, 3.8) is 0 Å². The first-order chi connectivity index (χ1) is 11.7. The van der Waals surface area contributed by atoms with Gasteiger partial charge in [-0.1, -0.05) is 59.9 Å². The number of hydrazone groups is 1. The van der Waals surface area contributed by atoms with Crippen molar-refractivity contribution < 1.29 is 0 Å². The number of benzene rings is 2. The number of aromatic nitrogens is 1. The predicted molar refractivity (Wildman–Crippen MR) is 120 cm³/mol. The fourth-order valence-electron chi connectivity index (χ4n) is 2.44. The van der Waals surface area contributed by atoms with Gasteiger partial charge in [0.1, 0.15) is 0 Å². The molecule has 1 aliphatic rings. The first-order valence-electron chi connectivity index (χ1n) is 7.72. The Morgan fingerprint density at radius 2 is 1.50 bits per heavy atom. The molecule has 26 heavy (non-hydrogen) atoms. The standard InChI is InChI=1S/C18H17N5S.2BrH/c1-13-14(2)24-18(19-13)23-21-17(15-9-5-3-6-10-15)20-22(23)16-11-7-4-8-12-16;;/h3-12H,1-2H3,(H,20,21);2*1H. The minimum Gasteiger partial charge on any atom is -0.256 e. The van der Waals surface area contributed by atoms with Crippen LogP contribution in [0.5, 0.6) is 0 Å². The molecule has 0 amide bonds. The summed E-state index contributed by atoms with van der Waals surface area (Å²) in [6, 6.07) is 20.1. The Labute approximate surface area is 177 Å². The van der Waals surface area contributed by atoms with Crippen molar-refractivity contribution in [3.05, 3.63) is 76.8 Å². The van der Waals surface area contributed by atoms with Crippen LogP contribution in [0.4, 0.5) is 10.8 Å². The molecule has 1 aromatic heterocycles. The van der Waals surface area contributed by atoms with Gasteiger partial charge in [-0.25, -0.2) is 4.98 Å². The van der Waals surface area contributed by atoms with Crippen LogP contribution < -0.4 is 15.7 Å². The van der Waals surface area contributed by atoms with Crippen LogP contribution in [0.25, 0.3) is 0 Å². The van der Waals surface area contributed by atoms with Crippen LogP contribution in [0, 0.1) is 13.8 Å². The highest BCUT2D eigenvalue weighted by Crippen LogP contribution is 2.30. The van der Waals surface area contributed by atoms with E-state index in [1.807, 2.05) is 77.8 Å². The molecular formula is C18H19Br2N5S. The third-order valence-electron chi connectivity index (χ3n) is 3.83. The van der Waals surface area contributed by atoms with E-state index in [0.29, 0.717) is 0 Å². The van der Waals surface area contributed by atoms with Crippen molar-refractivity contribution >= 4 is 62.0 Å². The lowest BCUT2D eigenvalue weighted by atomic mass is 10.2. The molecule has 0 atom stereocenters. The van der Waals surface area contributed by atoms with Crippen molar-refractivity contribution in [3.8, 4) is 0 Å². The van der Waals surface area contributed by atoms with Crippen molar-refractivity contribution in [1.29, 1.82) is 0 Å². The predicted octanol–water partition coefficient (Wildman–Crippen LogP) is 5.02. The zero-order valence-corrected chi connectivity index (χ0v) is 18.5. The summed E-state index contributed by atoms with van der Waals surface area (Å²) in [7, 11) is 0. The van der Waals surface area contributed by atoms with Crippen LogP contribution in [0.15, 0.2) is 65.8 Å². The van der Waals surface area contributed by atoms with Gasteiger partial charge in [-0.15, -0.1) is 49.3 Å². The molecule has 8 heteroatoms. The zero-order chi connectivity index (χ0) is 16.5. The third kappa shape index (κ3) is 3.92. The number of hydrazine groups is 2. The van der Waals surface area contributed by atoms with E-state index < -0.39 is 0 Å². The maximum absolute atomic E-state index is 4.76. The molecule has 0 saturated heterocycles. The summed E-state index contributed by atoms with van der Waals surface area (Å²) in [6.07, 6.45) is 0. The number of rotatable bonds is 3. The maximum Gasteiger partial charge on any atom is 0.228 e. The number of thiazole rings is 1. The van der Waals surface area contributed by atoms with E-state index in [-0.39, 0.29) is 34.0 Å². The van der Waals surface area contributed by atoms with E-state index in [2.05, 4.69) is 17.3 Å². The monoisotopic (exact) mass is 495 g/mol. The highest BCUT2D eigenvalue weighted by molar-refractivity contribution is 8.93. The molecule has 2 heterocycles. The van der Waals surface area contributed by atoms with Crippen LogP contribution in [0.2, 0.25) is 0 Å². The SMILES string of the molecule is Br.Br.Cc1nc(N2NC(c3ccccc3)=NN2c2ccccc2)sc1C. The Kier molecular flexibility index (Phi) is 6.80. The molecule has 0 bridgehead atoms. The van der Waals surface area contributed by atoms with Gasteiger partial charge in [-0.05, 0) is 26.0 Å². The molecule has 0 radical (unpaired) electrons. The molecule has 5 nitrogen and oxygen atoms in total. The van der Waals surface area contributed by atoms with E-state index in [0.717, 1.165) is 27.9 Å². The van der Waals surface area contributed by atoms with Crippen molar-refractivity contribution in [2.75, 3.05) is 10.2 Å². The van der Waals surface area contributed by atoms with Gasteiger partial charge in [0.05, 0.1) is 11.4 Å². The lowest BCUT2D eigenvalue weighted by Gasteiger charge is -2.25. The molecule has 136 valence electrons. The van der Waals surface area contributed by atoms with Gasteiger partial charge in [0.15, 0.2) is 5.84 Å². The molecule has 0 aliphatic carbocycles. The Hall–Kier alpha value is -1.90. The second kappa shape index (κ2) is 8.66. The van der Waals surface area contributed by atoms with Crippen LogP contribution >= 0.6 is 45.3 Å². The van der Waals surface area contributed by atoms with Gasteiger partial charge in [-0.2, -0.15) is 0 Å². The fraction of sp³-hybridized carbons (Fsp3) is 0.111. The summed E-state index contributed by atoms with van der Waals surface area (Å²) in [5, 5.41) is 9.36. The Bertz CT molecular complexity index is 864. The van der Waals surface area contributed by atoms with Gasteiger partial charge < -0.3 is 0 Å². The molecule has 2 aromatic carbocycles. The van der Waals surface area contributed by atoms with Gasteiger partial charge in [0.25, 0.3) is 0 Å². The van der Waals surface area contributed by atoms with Gasteiger partial charge in [-0.3, -0.25) is 5.43 Å². The average Bonchev–Trinajstić information content (AvgIpc) is 3.21. The highest BCUT2D eigenvalue weighted by atomic mass is 79.9. The lowest BCUT2D eigenvalue weighted by molar-refractivity contribution is 0.765. The topological polar surface area (TPSA) is 43.8 Å². The van der Waals surface area contributed by atoms with E-state index in [4.69, 9.17) is 5.10 Å². The Balaban J connectivity index is 0.00000121. The summed E-state index contributed by atoms with van der Waals surface area (Å²) in [6.45, 7) is 4.11. The number of anilines is 2. The number of hydrogen-bond donors (Lipinski definition) is 1. The normalized spacial score (nSPS) is 12.8. The van der Waals surface area contributed by atoms with E-state index >= 15 is 0 Å². The number of para-hydroxylation sites is 1. The van der Waals surface area contributed by atoms with E-state index in [1.54, 1.807) is 11.3 Å². The summed E-state index contributed by atoms with van der Waals surface area (Å²) < 4.78 is 0. The number of halogens is 2. The second-order valence-electron chi connectivity index (χ2n) is 5.50. The number of aryl methyl sites for hydroxylation is 2. The first-order valence-corrected chi connectivity index (χ1v) is 8.54. The van der Waals surface area contributed by atoms with Gasteiger partial charge in [0, 0.05) is 10.4 Å². The van der Waals surface area contributed by atoms with Crippen LogP contribution in [-0.2, 0) is 0 Å². The van der Waals surface area contributed by atoms with Crippen molar-refractivity contribution in [2.24, 2.45) is 5.10 Å². The Morgan fingerprint density at radius 3 is 2.08 bits per heavy atom. The molecule has 0 spiro atoms. The second-order valence-corrected chi connectivity index (χ2v) is 6.68. The smallest absolute Gasteiger partial charge is 0.228 e. The maximum atomic E-state index is 4.76. The molecular weight excluding hydrogens is 478 g/mol. The summed E-state index contributed by atoms with van der Waals surface area (Å²) in [5.41, 5.74) is 6.42. The minimum absolute atomic E-state index is 0. The third-order valence-corrected chi connectivity index (χ3v) is 4.88. The first kappa shape index (κ1) is 20.4. The zero-order valence-electron chi connectivity index (χ0n) is 14.3. The van der Waals surface area contributed by atoms with Crippen molar-refractivity contribution in [1.82, 2.24) is 10.4 Å². The van der Waals surface area contributed by atoms with Crippen molar-refractivity contribution in [2.45, 2.75) is 13.8 Å². The molecule has 4 rings (SSSR count). The van der Waals surface area contributed by atoms with E-state index in [1.165, 1.54) is 4.88 Å². The molecule has 0 saturated carbocycles. The number of nitrogens with one attached hydrogen (secondary N) is 1. The fourth-order valence-corrected chi connectivity index (χ4v) is 3.30. The lowest BCUT2D eigenvalue weighted by Crippen LogP contribution is -2.44. The molecule has 1 N–H and O–H groups in total. The molecule has 0 unspecified atom stereocenters. The van der Waals surface area contributed by atoms with Crippen LogP contribution in [0.1, 0.15) is 16.1 Å². The van der Waals surface area contributed by atoms with E-state index in [9.17, 15) is 0 Å². The summed E-state index contributed by atoms with van der Waals surface area (Å²) in [5.74, 6) is 0.796. The summed E-state index contributed by atoms with van der Waals surface area (Å²) >= 11 is 1.64. The quantitative estimate of drug-likeness (QED) is 0.552. The number of nitrogens with zero attached hydrogens (tertiary/aromatic N) is 4. The summed E-state index contributed by atoms with van der Waals surface area (Å²) in [4.78, 5) is 5.86. The highest BCUT2D eigenvalue weighted by Gasteiger charge is 2.28.